The Bertz CT molecular complexity index is 882. The van der Waals surface area contributed by atoms with Crippen LogP contribution in [0.25, 0.3) is 0 Å². The van der Waals surface area contributed by atoms with E-state index in [1.54, 1.807) is 13.8 Å². The molecule has 11 heteroatoms. The minimum atomic E-state index is -3.95. The Morgan fingerprint density at radius 2 is 1.96 bits per heavy atom. The summed E-state index contributed by atoms with van der Waals surface area (Å²) < 4.78 is 38.7. The van der Waals surface area contributed by atoms with Crippen LogP contribution in [0.4, 0.5) is 5.95 Å². The maximum absolute atomic E-state index is 12.7. The summed E-state index contributed by atoms with van der Waals surface area (Å²) >= 11 is 0. The van der Waals surface area contributed by atoms with Gasteiger partial charge in [0.2, 0.25) is 21.9 Å². The summed E-state index contributed by atoms with van der Waals surface area (Å²) in [5, 5.41) is 8.60. The number of rotatable bonds is 6. The van der Waals surface area contributed by atoms with E-state index in [4.69, 9.17) is 9.47 Å². The number of carbonyl (C=O) groups is 1. The van der Waals surface area contributed by atoms with Gasteiger partial charge in [-0.25, -0.2) is 13.5 Å². The maximum Gasteiger partial charge on any atom is 0.245 e. The Hall–Kier alpha value is -2.66. The normalized spacial score (nSPS) is 14.9. The zero-order valence-electron chi connectivity index (χ0n) is 14.2. The number of carbonyl (C=O) groups excluding carboxylic acids is 1. The van der Waals surface area contributed by atoms with Crippen LogP contribution in [0, 0.1) is 5.92 Å². The molecule has 0 saturated carbocycles. The van der Waals surface area contributed by atoms with Gasteiger partial charge in [-0.1, -0.05) is 13.8 Å². The van der Waals surface area contributed by atoms with E-state index < -0.39 is 22.0 Å². The zero-order valence-corrected chi connectivity index (χ0v) is 15.0. The van der Waals surface area contributed by atoms with Gasteiger partial charge >= 0.3 is 0 Å². The fraction of sp³-hybridized carbons (Fsp3) is 0.400. The molecule has 2 aromatic rings. The third-order valence-corrected chi connectivity index (χ3v) is 5.15. The number of fused-ring (bicyclic) bond motifs is 1. The van der Waals surface area contributed by atoms with Gasteiger partial charge in [0.15, 0.2) is 11.5 Å². The highest BCUT2D eigenvalue weighted by molar-refractivity contribution is 7.89. The van der Waals surface area contributed by atoms with E-state index in [0.717, 1.165) is 0 Å². The van der Waals surface area contributed by atoms with Crippen molar-refractivity contribution in [1.29, 1.82) is 0 Å². The molecule has 1 aromatic carbocycles. The van der Waals surface area contributed by atoms with Crippen LogP contribution in [0.15, 0.2) is 29.4 Å². The topological polar surface area (TPSA) is 135 Å². The summed E-state index contributed by atoms with van der Waals surface area (Å²) in [7, 11) is -3.95. The number of aromatic amines is 1. The fourth-order valence-electron chi connectivity index (χ4n) is 2.38. The number of ether oxygens (including phenoxy) is 2. The highest BCUT2D eigenvalue weighted by Gasteiger charge is 2.29. The summed E-state index contributed by atoms with van der Waals surface area (Å²) in [5.41, 5.74) is 0. The van der Waals surface area contributed by atoms with Gasteiger partial charge in [0.05, 0.1) is 4.90 Å². The predicted octanol–water partition coefficient (Wildman–Crippen LogP) is 0.517. The van der Waals surface area contributed by atoms with Crippen molar-refractivity contribution in [3.8, 4) is 11.5 Å². The van der Waals surface area contributed by atoms with Gasteiger partial charge in [-0.05, 0) is 18.1 Å². The first kappa shape index (κ1) is 18.1. The molecule has 3 N–H and O–H groups in total. The van der Waals surface area contributed by atoms with Gasteiger partial charge in [0.1, 0.15) is 25.6 Å². The number of hydrogen-bond donors (Lipinski definition) is 3. The van der Waals surface area contributed by atoms with Crippen molar-refractivity contribution in [2.45, 2.75) is 24.8 Å². The second-order valence-corrected chi connectivity index (χ2v) is 7.69. The molecule has 0 spiro atoms. The van der Waals surface area contributed by atoms with Gasteiger partial charge in [0, 0.05) is 6.07 Å². The molecule has 1 aliphatic rings. The highest BCUT2D eigenvalue weighted by Crippen LogP contribution is 2.32. The second-order valence-electron chi connectivity index (χ2n) is 5.97. The number of amides is 1. The lowest BCUT2D eigenvalue weighted by molar-refractivity contribution is -0.118. The summed E-state index contributed by atoms with van der Waals surface area (Å²) in [4.78, 5) is 16.2. The second kappa shape index (κ2) is 7.30. The smallest absolute Gasteiger partial charge is 0.245 e. The molecule has 0 radical (unpaired) electrons. The third kappa shape index (κ3) is 3.94. The molecule has 10 nitrogen and oxygen atoms in total. The summed E-state index contributed by atoms with van der Waals surface area (Å²) in [6.07, 6.45) is 1.24. The van der Waals surface area contributed by atoms with E-state index in [1.165, 1.54) is 24.5 Å². The first-order chi connectivity index (χ1) is 12.4. The van der Waals surface area contributed by atoms with E-state index in [0.29, 0.717) is 24.7 Å². The number of nitrogens with one attached hydrogen (secondary N) is 3. The molecule has 1 aromatic heterocycles. The molecule has 0 unspecified atom stereocenters. The SMILES string of the molecule is CC(C)[C@@H](NS(=O)(=O)c1ccc2c(c1)OCCO2)C(=O)Nc1ncn[nH]1. The number of H-pyrrole nitrogens is 1. The summed E-state index contributed by atoms with van der Waals surface area (Å²) in [6.45, 7) is 4.22. The minimum Gasteiger partial charge on any atom is -0.486 e. The van der Waals surface area contributed by atoms with Crippen LogP contribution < -0.4 is 19.5 Å². The van der Waals surface area contributed by atoms with Crippen LogP contribution in [0.5, 0.6) is 11.5 Å². The van der Waals surface area contributed by atoms with E-state index in [1.807, 2.05) is 0 Å². The first-order valence-corrected chi connectivity index (χ1v) is 9.43. The predicted molar refractivity (Wildman–Crippen MR) is 91.4 cm³/mol. The van der Waals surface area contributed by atoms with Crippen molar-refractivity contribution in [2.24, 2.45) is 5.92 Å². The average Bonchev–Trinajstić information content (AvgIpc) is 3.12. The summed E-state index contributed by atoms with van der Waals surface area (Å²) in [5.74, 6) is 0.131. The fourth-order valence-corrected chi connectivity index (χ4v) is 3.74. The Morgan fingerprint density at radius 3 is 2.62 bits per heavy atom. The Morgan fingerprint density at radius 1 is 1.23 bits per heavy atom. The van der Waals surface area contributed by atoms with Crippen molar-refractivity contribution in [3.05, 3.63) is 24.5 Å². The molecular formula is C15H19N5O5S. The van der Waals surface area contributed by atoms with Crippen molar-refractivity contribution < 1.29 is 22.7 Å². The van der Waals surface area contributed by atoms with Gasteiger partial charge in [-0.2, -0.15) is 14.8 Å². The lowest BCUT2D eigenvalue weighted by Crippen LogP contribution is -2.47. The van der Waals surface area contributed by atoms with Crippen LogP contribution in [0.2, 0.25) is 0 Å². The number of nitrogens with zero attached hydrogens (tertiary/aromatic N) is 2. The van der Waals surface area contributed by atoms with Gasteiger partial charge in [-0.3, -0.25) is 10.1 Å². The maximum atomic E-state index is 12.7. The lowest BCUT2D eigenvalue weighted by atomic mass is 10.1. The molecule has 1 atom stereocenters. The van der Waals surface area contributed by atoms with Crippen molar-refractivity contribution in [1.82, 2.24) is 19.9 Å². The molecule has 1 aliphatic heterocycles. The Balaban J connectivity index is 1.80. The van der Waals surface area contributed by atoms with E-state index in [9.17, 15) is 13.2 Å². The first-order valence-electron chi connectivity index (χ1n) is 7.95. The lowest BCUT2D eigenvalue weighted by Gasteiger charge is -2.22. The monoisotopic (exact) mass is 381 g/mol. The Labute approximate surface area is 150 Å². The van der Waals surface area contributed by atoms with Crippen LogP contribution >= 0.6 is 0 Å². The van der Waals surface area contributed by atoms with Crippen LogP contribution in [-0.4, -0.2) is 48.8 Å². The van der Waals surface area contributed by atoms with E-state index >= 15 is 0 Å². The molecule has 140 valence electrons. The van der Waals surface area contributed by atoms with Crippen LogP contribution in [0.3, 0.4) is 0 Å². The van der Waals surface area contributed by atoms with Gasteiger partial charge in [0.25, 0.3) is 0 Å². The molecule has 0 aliphatic carbocycles. The largest absolute Gasteiger partial charge is 0.486 e. The van der Waals surface area contributed by atoms with Crippen molar-refractivity contribution in [2.75, 3.05) is 18.5 Å². The number of hydrogen-bond acceptors (Lipinski definition) is 7. The van der Waals surface area contributed by atoms with Crippen molar-refractivity contribution in [3.63, 3.8) is 0 Å². The number of aromatic nitrogens is 3. The molecule has 0 saturated heterocycles. The Kier molecular flexibility index (Phi) is 5.09. The quantitative estimate of drug-likeness (QED) is 0.664. The molecule has 2 heterocycles. The minimum absolute atomic E-state index is 0.0140. The van der Waals surface area contributed by atoms with Gasteiger partial charge in [-0.15, -0.1) is 0 Å². The van der Waals surface area contributed by atoms with E-state index in [2.05, 4.69) is 25.2 Å². The van der Waals surface area contributed by atoms with Gasteiger partial charge < -0.3 is 9.47 Å². The average molecular weight is 381 g/mol. The number of anilines is 1. The molecule has 26 heavy (non-hydrogen) atoms. The molecule has 0 fully saturated rings. The summed E-state index contributed by atoms with van der Waals surface area (Å²) in [6, 6.07) is 3.31. The molecule has 3 rings (SSSR count). The number of sulfonamides is 1. The molecule has 1 amide bonds. The highest BCUT2D eigenvalue weighted by atomic mass is 32.2. The van der Waals surface area contributed by atoms with Crippen LogP contribution in [-0.2, 0) is 14.8 Å². The zero-order chi connectivity index (χ0) is 18.7. The third-order valence-electron chi connectivity index (χ3n) is 3.71. The van der Waals surface area contributed by atoms with Crippen molar-refractivity contribution >= 4 is 21.9 Å². The molecular weight excluding hydrogens is 362 g/mol. The van der Waals surface area contributed by atoms with E-state index in [-0.39, 0.29) is 16.8 Å². The standard InChI is InChI=1S/C15H19N5O5S/c1-9(2)13(14(21)18-15-16-8-17-19-15)20-26(22,23)10-3-4-11-12(7-10)25-6-5-24-11/h3-4,7-9,13,20H,5-6H2,1-2H3,(H2,16,17,18,19,21)/t13-/m1/s1. The van der Waals surface area contributed by atoms with Crippen LogP contribution in [0.1, 0.15) is 13.8 Å². The molecule has 0 bridgehead atoms. The number of benzene rings is 1.